The number of nitrogens with one attached hydrogen (secondary N) is 1. The van der Waals surface area contributed by atoms with Crippen molar-refractivity contribution < 1.29 is 9.72 Å². The van der Waals surface area contributed by atoms with Crippen LogP contribution in [-0.2, 0) is 11.3 Å². The summed E-state index contributed by atoms with van der Waals surface area (Å²) >= 11 is 0. The smallest absolute Gasteiger partial charge is 0.358 e. The van der Waals surface area contributed by atoms with Crippen LogP contribution in [0.2, 0.25) is 0 Å². The second-order valence-electron chi connectivity index (χ2n) is 4.32. The van der Waals surface area contributed by atoms with Gasteiger partial charge >= 0.3 is 5.82 Å². The van der Waals surface area contributed by atoms with E-state index in [9.17, 15) is 14.9 Å². The van der Waals surface area contributed by atoms with Gasteiger partial charge in [-0.1, -0.05) is 13.8 Å². The minimum Gasteiger partial charge on any atom is -0.358 e. The van der Waals surface area contributed by atoms with E-state index < -0.39 is 4.92 Å². The molecule has 1 heterocycles. The van der Waals surface area contributed by atoms with Gasteiger partial charge in [0.15, 0.2) is 0 Å². The summed E-state index contributed by atoms with van der Waals surface area (Å²) in [6.07, 6.45) is 1.76. The molecule has 0 unspecified atom stereocenters. The van der Waals surface area contributed by atoms with Gasteiger partial charge in [-0.2, -0.15) is 4.68 Å². The first-order valence-corrected chi connectivity index (χ1v) is 6.73. The molecule has 0 atom stereocenters. The summed E-state index contributed by atoms with van der Waals surface area (Å²) in [5, 5.41) is 17.0. The fourth-order valence-electron chi connectivity index (χ4n) is 1.77. The number of hydrogen-bond donors (Lipinski definition) is 1. The van der Waals surface area contributed by atoms with Crippen LogP contribution < -0.4 is 5.32 Å². The first kappa shape index (κ1) is 16.1. The molecule has 8 nitrogen and oxygen atoms in total. The number of carbonyl (C=O) groups is 1. The standard InChI is InChI=1S/C12H21N5O3/c1-3-15(4-2)10-7-13-12(18)6-9-16-8-5-11(14-16)17(19)20/h5,8H,3-4,6-7,9-10H2,1-2H3,(H,13,18). The van der Waals surface area contributed by atoms with Gasteiger partial charge in [-0.3, -0.25) is 4.79 Å². The van der Waals surface area contributed by atoms with Crippen molar-refractivity contribution in [2.45, 2.75) is 26.8 Å². The Bertz CT molecular complexity index is 442. The Kier molecular flexibility index (Phi) is 6.65. The van der Waals surface area contributed by atoms with Gasteiger partial charge < -0.3 is 20.3 Å². The lowest BCUT2D eigenvalue weighted by Crippen LogP contribution is -2.35. The van der Waals surface area contributed by atoms with Crippen molar-refractivity contribution in [3.63, 3.8) is 0 Å². The highest BCUT2D eigenvalue weighted by Gasteiger charge is 2.11. The third-order valence-corrected chi connectivity index (χ3v) is 3.03. The molecule has 0 aliphatic carbocycles. The maximum Gasteiger partial charge on any atom is 0.389 e. The van der Waals surface area contributed by atoms with Crippen molar-refractivity contribution in [3.05, 3.63) is 22.4 Å². The van der Waals surface area contributed by atoms with E-state index >= 15 is 0 Å². The second-order valence-corrected chi connectivity index (χ2v) is 4.32. The maximum atomic E-state index is 11.6. The highest BCUT2D eigenvalue weighted by Crippen LogP contribution is 2.05. The number of aromatic nitrogens is 2. The molecular formula is C12H21N5O3. The van der Waals surface area contributed by atoms with Gasteiger partial charge in [-0.25, -0.2) is 0 Å². The Labute approximate surface area is 117 Å². The van der Waals surface area contributed by atoms with Crippen molar-refractivity contribution in [2.24, 2.45) is 0 Å². The molecule has 0 fully saturated rings. The SMILES string of the molecule is CCN(CC)CCNC(=O)CCn1ccc([N+](=O)[O-])n1. The van der Waals surface area contributed by atoms with E-state index in [-0.39, 0.29) is 18.1 Å². The number of aryl methyl sites for hydroxylation is 1. The Hall–Kier alpha value is -1.96. The van der Waals surface area contributed by atoms with Crippen LogP contribution in [-0.4, -0.2) is 51.7 Å². The number of rotatable bonds is 9. The summed E-state index contributed by atoms with van der Waals surface area (Å²) in [5.74, 6) is -0.276. The van der Waals surface area contributed by atoms with E-state index in [0.717, 1.165) is 19.6 Å². The highest BCUT2D eigenvalue weighted by atomic mass is 16.6. The zero-order chi connectivity index (χ0) is 15.0. The molecule has 112 valence electrons. The number of amides is 1. The molecule has 1 N–H and O–H groups in total. The lowest BCUT2D eigenvalue weighted by atomic mass is 10.4. The molecule has 1 aromatic heterocycles. The molecule has 0 bridgehead atoms. The Morgan fingerprint density at radius 3 is 2.75 bits per heavy atom. The quantitative estimate of drug-likeness (QED) is 0.530. The van der Waals surface area contributed by atoms with E-state index in [0.29, 0.717) is 13.1 Å². The van der Waals surface area contributed by atoms with E-state index in [1.165, 1.54) is 16.9 Å². The van der Waals surface area contributed by atoms with Crippen LogP contribution in [0.25, 0.3) is 0 Å². The lowest BCUT2D eigenvalue weighted by Gasteiger charge is -2.17. The topological polar surface area (TPSA) is 93.3 Å². The zero-order valence-corrected chi connectivity index (χ0v) is 11.9. The molecule has 1 aromatic rings. The first-order chi connectivity index (χ1) is 9.56. The lowest BCUT2D eigenvalue weighted by molar-refractivity contribution is -0.389. The average molecular weight is 283 g/mol. The van der Waals surface area contributed by atoms with Gasteiger partial charge in [0, 0.05) is 19.5 Å². The van der Waals surface area contributed by atoms with Gasteiger partial charge in [-0.15, -0.1) is 0 Å². The molecule has 0 aromatic carbocycles. The van der Waals surface area contributed by atoms with Gasteiger partial charge in [0.2, 0.25) is 5.91 Å². The normalized spacial score (nSPS) is 10.8. The molecule has 0 saturated carbocycles. The van der Waals surface area contributed by atoms with Gasteiger partial charge in [-0.05, 0) is 18.0 Å². The van der Waals surface area contributed by atoms with Gasteiger partial charge in [0.25, 0.3) is 0 Å². The molecule has 20 heavy (non-hydrogen) atoms. The van der Waals surface area contributed by atoms with E-state index in [4.69, 9.17) is 0 Å². The fourth-order valence-corrected chi connectivity index (χ4v) is 1.77. The van der Waals surface area contributed by atoms with Crippen LogP contribution in [0.15, 0.2) is 12.3 Å². The summed E-state index contributed by atoms with van der Waals surface area (Å²) in [6, 6.07) is 1.32. The minimum atomic E-state index is -0.555. The number of nitrogens with zero attached hydrogens (tertiary/aromatic N) is 4. The van der Waals surface area contributed by atoms with Crippen molar-refractivity contribution >= 4 is 11.7 Å². The van der Waals surface area contributed by atoms with Gasteiger partial charge in [0.05, 0.1) is 23.9 Å². The molecule has 0 radical (unpaired) electrons. The Morgan fingerprint density at radius 1 is 1.50 bits per heavy atom. The largest absolute Gasteiger partial charge is 0.389 e. The number of nitro groups is 1. The monoisotopic (exact) mass is 283 g/mol. The van der Waals surface area contributed by atoms with E-state index in [1.54, 1.807) is 0 Å². The van der Waals surface area contributed by atoms with Crippen molar-refractivity contribution in [3.8, 4) is 0 Å². The maximum absolute atomic E-state index is 11.6. The van der Waals surface area contributed by atoms with Crippen molar-refractivity contribution in [1.82, 2.24) is 20.0 Å². The summed E-state index contributed by atoms with van der Waals surface area (Å²) in [6.45, 7) is 7.86. The van der Waals surface area contributed by atoms with Crippen LogP contribution in [0.4, 0.5) is 5.82 Å². The van der Waals surface area contributed by atoms with Crippen LogP contribution in [0, 0.1) is 10.1 Å². The second kappa shape index (κ2) is 8.26. The number of carbonyl (C=O) groups excluding carboxylic acids is 1. The van der Waals surface area contributed by atoms with Crippen molar-refractivity contribution in [1.29, 1.82) is 0 Å². The third-order valence-electron chi connectivity index (χ3n) is 3.03. The van der Waals surface area contributed by atoms with E-state index in [2.05, 4.69) is 29.2 Å². The average Bonchev–Trinajstić information content (AvgIpc) is 2.90. The zero-order valence-electron chi connectivity index (χ0n) is 11.9. The van der Waals surface area contributed by atoms with Crippen LogP contribution >= 0.6 is 0 Å². The molecule has 1 amide bonds. The predicted molar refractivity (Wildman–Crippen MR) is 74.3 cm³/mol. The van der Waals surface area contributed by atoms with Crippen LogP contribution in [0.5, 0.6) is 0 Å². The third kappa shape index (κ3) is 5.35. The molecule has 1 rings (SSSR count). The van der Waals surface area contributed by atoms with Crippen LogP contribution in [0.3, 0.4) is 0 Å². The summed E-state index contributed by atoms with van der Waals surface area (Å²) in [4.78, 5) is 23.7. The first-order valence-electron chi connectivity index (χ1n) is 6.73. The Balaban J connectivity index is 2.24. The summed E-state index contributed by atoms with van der Waals surface area (Å²) < 4.78 is 1.40. The molecule has 0 aliphatic rings. The van der Waals surface area contributed by atoms with E-state index in [1.807, 2.05) is 0 Å². The summed E-state index contributed by atoms with van der Waals surface area (Å²) in [5.41, 5.74) is 0. The van der Waals surface area contributed by atoms with Gasteiger partial charge in [0.1, 0.15) is 0 Å². The highest BCUT2D eigenvalue weighted by molar-refractivity contribution is 5.75. The molecule has 8 heteroatoms. The molecule has 0 aliphatic heterocycles. The van der Waals surface area contributed by atoms with Crippen molar-refractivity contribution in [2.75, 3.05) is 26.2 Å². The Morgan fingerprint density at radius 2 is 2.20 bits per heavy atom. The van der Waals surface area contributed by atoms with Crippen LogP contribution in [0.1, 0.15) is 20.3 Å². The molecular weight excluding hydrogens is 262 g/mol. The molecule has 0 spiro atoms. The predicted octanol–water partition coefficient (Wildman–Crippen LogP) is 0.639. The summed E-state index contributed by atoms with van der Waals surface area (Å²) in [7, 11) is 0. The number of likely N-dealkylation sites (N-methyl/N-ethyl adjacent to an activating group) is 1. The fraction of sp³-hybridized carbons (Fsp3) is 0.667. The number of hydrogen-bond acceptors (Lipinski definition) is 5. The minimum absolute atomic E-state index is 0.0738. The molecule has 0 saturated heterocycles.